The number of carbonyl (C=O) groups is 2. The van der Waals surface area contributed by atoms with E-state index in [9.17, 15) is 9.59 Å². The van der Waals surface area contributed by atoms with Crippen molar-refractivity contribution in [2.75, 3.05) is 6.54 Å². The molecule has 1 aromatic carbocycles. The Kier molecular flexibility index (Phi) is 5.43. The maximum absolute atomic E-state index is 12.5. The smallest absolute Gasteiger partial charge is 0.264 e. The highest BCUT2D eigenvalue weighted by Crippen LogP contribution is 2.23. The Morgan fingerprint density at radius 1 is 1.29 bits per heavy atom. The monoisotopic (exact) mass is 382 g/mol. The molecule has 1 saturated heterocycles. The van der Waals surface area contributed by atoms with Crippen LogP contribution in [0.4, 0.5) is 0 Å². The molecule has 0 unspecified atom stereocenters. The largest absolute Gasteiger partial charge is 0.350 e. The van der Waals surface area contributed by atoms with Crippen LogP contribution in [0.15, 0.2) is 35.7 Å². The lowest BCUT2D eigenvalue weighted by Gasteiger charge is -2.23. The van der Waals surface area contributed by atoms with Crippen molar-refractivity contribution in [3.8, 4) is 0 Å². The fourth-order valence-electron chi connectivity index (χ4n) is 2.79. The second-order valence-corrected chi connectivity index (χ2v) is 7.38. The van der Waals surface area contributed by atoms with Crippen LogP contribution in [0, 0.1) is 0 Å². The van der Waals surface area contributed by atoms with Gasteiger partial charge in [-0.1, -0.05) is 35.3 Å². The molecule has 2 aromatic rings. The third kappa shape index (κ3) is 3.74. The summed E-state index contributed by atoms with van der Waals surface area (Å²) in [4.78, 5) is 27.3. The highest BCUT2D eigenvalue weighted by Gasteiger charge is 2.34. The van der Waals surface area contributed by atoms with Gasteiger partial charge in [-0.15, -0.1) is 11.3 Å². The maximum atomic E-state index is 12.5. The van der Waals surface area contributed by atoms with Crippen LogP contribution in [0.1, 0.15) is 28.1 Å². The predicted molar refractivity (Wildman–Crippen MR) is 96.7 cm³/mol. The summed E-state index contributed by atoms with van der Waals surface area (Å²) in [5, 5.41) is 5.81. The van der Waals surface area contributed by atoms with Crippen LogP contribution in [0.5, 0.6) is 0 Å². The topological polar surface area (TPSA) is 49.4 Å². The number of nitrogens with one attached hydrogen (secondary N) is 1. The van der Waals surface area contributed by atoms with Crippen LogP contribution in [-0.4, -0.2) is 29.3 Å². The Morgan fingerprint density at radius 2 is 2.12 bits per heavy atom. The Hall–Kier alpha value is -1.56. The normalized spacial score (nSPS) is 17.1. The molecule has 1 aromatic heterocycles. The van der Waals surface area contributed by atoms with Crippen molar-refractivity contribution >= 4 is 46.4 Å². The molecule has 1 atom stereocenters. The summed E-state index contributed by atoms with van der Waals surface area (Å²) >= 11 is 13.4. The molecule has 2 heterocycles. The van der Waals surface area contributed by atoms with Crippen molar-refractivity contribution in [1.82, 2.24) is 10.2 Å². The highest BCUT2D eigenvalue weighted by molar-refractivity contribution is 7.12. The minimum Gasteiger partial charge on any atom is -0.350 e. The predicted octanol–water partition coefficient (Wildman–Crippen LogP) is 3.98. The Bertz CT molecular complexity index is 749. The van der Waals surface area contributed by atoms with Crippen LogP contribution in [-0.2, 0) is 11.3 Å². The van der Waals surface area contributed by atoms with Crippen LogP contribution >= 0.6 is 34.5 Å². The first kappa shape index (κ1) is 17.3. The zero-order chi connectivity index (χ0) is 17.1. The van der Waals surface area contributed by atoms with Crippen LogP contribution < -0.4 is 5.32 Å². The van der Waals surface area contributed by atoms with E-state index in [-0.39, 0.29) is 11.8 Å². The van der Waals surface area contributed by atoms with E-state index >= 15 is 0 Å². The average molecular weight is 383 g/mol. The second-order valence-electron chi connectivity index (χ2n) is 5.59. The number of likely N-dealkylation sites (tertiary alicyclic amines) is 1. The van der Waals surface area contributed by atoms with Gasteiger partial charge in [0.15, 0.2) is 0 Å². The first-order valence-electron chi connectivity index (χ1n) is 7.62. The molecule has 24 heavy (non-hydrogen) atoms. The van der Waals surface area contributed by atoms with E-state index in [1.54, 1.807) is 29.2 Å². The minimum absolute atomic E-state index is 0.0767. The van der Waals surface area contributed by atoms with Crippen LogP contribution in [0.25, 0.3) is 0 Å². The van der Waals surface area contributed by atoms with Gasteiger partial charge in [0.1, 0.15) is 6.04 Å². The number of carbonyl (C=O) groups excluding carboxylic acids is 2. The molecular formula is C17H16Cl2N2O2S. The van der Waals surface area contributed by atoms with E-state index in [2.05, 4.69) is 5.32 Å². The first-order chi connectivity index (χ1) is 11.6. The second kappa shape index (κ2) is 7.55. The summed E-state index contributed by atoms with van der Waals surface area (Å²) in [5.41, 5.74) is 0.795. The van der Waals surface area contributed by atoms with Crippen molar-refractivity contribution in [1.29, 1.82) is 0 Å². The molecular weight excluding hydrogens is 367 g/mol. The number of amides is 2. The standard InChI is InChI=1S/C17H16Cl2N2O2S/c18-12-6-5-11(13(19)9-12)10-20-16(22)14-3-1-7-21(14)17(23)15-4-2-8-24-15/h2,4-6,8-9,14H,1,3,7,10H2,(H,20,22)/t14-/m1/s1. The SMILES string of the molecule is O=C(NCc1ccc(Cl)cc1Cl)[C@H]1CCCN1C(=O)c1cccs1. The summed E-state index contributed by atoms with van der Waals surface area (Å²) in [5.74, 6) is -0.226. The summed E-state index contributed by atoms with van der Waals surface area (Å²) in [7, 11) is 0. The van der Waals surface area contributed by atoms with E-state index < -0.39 is 6.04 Å². The number of hydrogen-bond acceptors (Lipinski definition) is 3. The van der Waals surface area contributed by atoms with Crippen molar-refractivity contribution in [2.45, 2.75) is 25.4 Å². The van der Waals surface area contributed by atoms with Gasteiger partial charge in [-0.05, 0) is 42.0 Å². The number of halogens is 2. The molecule has 4 nitrogen and oxygen atoms in total. The van der Waals surface area contributed by atoms with Gasteiger partial charge in [-0.25, -0.2) is 0 Å². The number of rotatable bonds is 4. The summed E-state index contributed by atoms with van der Waals surface area (Å²) in [6, 6.07) is 8.36. The molecule has 1 aliphatic heterocycles. The van der Waals surface area contributed by atoms with E-state index in [0.29, 0.717) is 34.4 Å². The molecule has 1 N–H and O–H groups in total. The average Bonchev–Trinajstić information content (AvgIpc) is 3.24. The molecule has 126 valence electrons. The first-order valence-corrected chi connectivity index (χ1v) is 9.26. The van der Waals surface area contributed by atoms with E-state index in [1.807, 2.05) is 11.4 Å². The number of benzene rings is 1. The van der Waals surface area contributed by atoms with Crippen molar-refractivity contribution in [3.63, 3.8) is 0 Å². The van der Waals surface area contributed by atoms with Crippen molar-refractivity contribution in [2.24, 2.45) is 0 Å². The molecule has 0 saturated carbocycles. The minimum atomic E-state index is -0.425. The lowest BCUT2D eigenvalue weighted by atomic mass is 10.2. The van der Waals surface area contributed by atoms with Crippen molar-refractivity contribution < 1.29 is 9.59 Å². The molecule has 2 amide bonds. The third-order valence-electron chi connectivity index (χ3n) is 4.02. The molecule has 3 rings (SSSR count). The molecule has 0 spiro atoms. The van der Waals surface area contributed by atoms with Gasteiger partial charge in [-0.2, -0.15) is 0 Å². The van der Waals surface area contributed by atoms with Gasteiger partial charge < -0.3 is 10.2 Å². The van der Waals surface area contributed by atoms with Gasteiger partial charge in [0, 0.05) is 23.1 Å². The fourth-order valence-corrected chi connectivity index (χ4v) is 3.94. The van der Waals surface area contributed by atoms with Crippen LogP contribution in [0.3, 0.4) is 0 Å². The third-order valence-corrected chi connectivity index (χ3v) is 5.46. The maximum Gasteiger partial charge on any atom is 0.264 e. The Labute approximate surface area is 154 Å². The fraction of sp³-hybridized carbons (Fsp3) is 0.294. The number of thiophene rings is 1. The zero-order valence-electron chi connectivity index (χ0n) is 12.8. The molecule has 1 aliphatic rings. The Morgan fingerprint density at radius 3 is 2.83 bits per heavy atom. The summed E-state index contributed by atoms with van der Waals surface area (Å²) < 4.78 is 0. The lowest BCUT2D eigenvalue weighted by molar-refractivity contribution is -0.125. The van der Waals surface area contributed by atoms with Crippen LogP contribution in [0.2, 0.25) is 10.0 Å². The molecule has 0 aliphatic carbocycles. The summed E-state index contributed by atoms with van der Waals surface area (Å²) in [6.45, 7) is 0.920. The number of hydrogen-bond donors (Lipinski definition) is 1. The van der Waals surface area contributed by atoms with Gasteiger partial charge in [0.2, 0.25) is 5.91 Å². The number of nitrogens with zero attached hydrogens (tertiary/aromatic N) is 1. The quantitative estimate of drug-likeness (QED) is 0.869. The lowest BCUT2D eigenvalue weighted by Crippen LogP contribution is -2.45. The zero-order valence-corrected chi connectivity index (χ0v) is 15.1. The van der Waals surface area contributed by atoms with Gasteiger partial charge >= 0.3 is 0 Å². The van der Waals surface area contributed by atoms with Gasteiger partial charge in [0.25, 0.3) is 5.91 Å². The van der Waals surface area contributed by atoms with E-state index in [4.69, 9.17) is 23.2 Å². The Balaban J connectivity index is 1.64. The van der Waals surface area contributed by atoms with E-state index in [0.717, 1.165) is 12.0 Å². The van der Waals surface area contributed by atoms with E-state index in [1.165, 1.54) is 11.3 Å². The van der Waals surface area contributed by atoms with Gasteiger partial charge in [0.05, 0.1) is 4.88 Å². The molecule has 1 fully saturated rings. The molecule has 0 bridgehead atoms. The molecule has 7 heteroatoms. The van der Waals surface area contributed by atoms with Crippen molar-refractivity contribution in [3.05, 3.63) is 56.2 Å². The summed E-state index contributed by atoms with van der Waals surface area (Å²) in [6.07, 6.45) is 1.51. The highest BCUT2D eigenvalue weighted by atomic mass is 35.5. The van der Waals surface area contributed by atoms with Gasteiger partial charge in [-0.3, -0.25) is 9.59 Å². The molecule has 0 radical (unpaired) electrons.